The third-order valence-electron chi connectivity index (χ3n) is 6.33. The lowest BCUT2D eigenvalue weighted by molar-refractivity contribution is 0.425. The molecule has 0 unspecified atom stereocenters. The van der Waals surface area contributed by atoms with Crippen LogP contribution in [0.2, 0.25) is 0 Å². The van der Waals surface area contributed by atoms with Gasteiger partial charge < -0.3 is 15.2 Å². The molecule has 0 amide bonds. The summed E-state index contributed by atoms with van der Waals surface area (Å²) in [6.45, 7) is 1.58. The largest absolute Gasteiger partial charge is 0.384 e. The van der Waals surface area contributed by atoms with Gasteiger partial charge in [-0.15, -0.1) is 0 Å². The van der Waals surface area contributed by atoms with Crippen molar-refractivity contribution in [3.8, 4) is 33.6 Å². The summed E-state index contributed by atoms with van der Waals surface area (Å²) >= 11 is 0. The number of nitrogens with zero attached hydrogens (tertiary/aromatic N) is 5. The Bertz CT molecular complexity index is 1700. The van der Waals surface area contributed by atoms with Gasteiger partial charge in [-0.3, -0.25) is 5.10 Å². The molecular weight excluding hydrogens is 467 g/mol. The zero-order chi connectivity index (χ0) is 25.4. The van der Waals surface area contributed by atoms with Crippen LogP contribution in [0.15, 0.2) is 73.4 Å². The molecule has 0 aliphatic heterocycles. The third kappa shape index (κ3) is 4.52. The smallest absolute Gasteiger partial charge is 0.181 e. The SMILES string of the molecule is CN(C)CCNc1cc(F)cc(-c2cccc3[nH]c(-c4[nH]nc5ncc(-c6cncnc6)cc45)cc23)c1. The van der Waals surface area contributed by atoms with Gasteiger partial charge >= 0.3 is 0 Å². The van der Waals surface area contributed by atoms with Crippen molar-refractivity contribution in [3.05, 3.63) is 79.3 Å². The highest BCUT2D eigenvalue weighted by Gasteiger charge is 2.15. The minimum Gasteiger partial charge on any atom is -0.384 e. The first-order chi connectivity index (χ1) is 18.0. The van der Waals surface area contributed by atoms with Gasteiger partial charge in [0.15, 0.2) is 5.65 Å². The molecule has 8 nitrogen and oxygen atoms in total. The van der Waals surface area contributed by atoms with Gasteiger partial charge in [0.2, 0.25) is 0 Å². The highest BCUT2D eigenvalue weighted by molar-refractivity contribution is 6.01. The molecular formula is C28H25FN8. The summed E-state index contributed by atoms with van der Waals surface area (Å²) in [5.74, 6) is -0.277. The molecule has 2 aromatic carbocycles. The average Bonchev–Trinajstić information content (AvgIpc) is 3.52. The highest BCUT2D eigenvalue weighted by atomic mass is 19.1. The highest BCUT2D eigenvalue weighted by Crippen LogP contribution is 2.35. The number of hydrogen-bond donors (Lipinski definition) is 3. The maximum absolute atomic E-state index is 14.6. The van der Waals surface area contributed by atoms with Crippen LogP contribution in [0.5, 0.6) is 0 Å². The number of aromatic amines is 2. The van der Waals surface area contributed by atoms with Crippen LogP contribution in [0.25, 0.3) is 55.6 Å². The van der Waals surface area contributed by atoms with Crippen LogP contribution in [0.3, 0.4) is 0 Å². The fourth-order valence-electron chi connectivity index (χ4n) is 4.52. The minimum atomic E-state index is -0.277. The third-order valence-corrected chi connectivity index (χ3v) is 6.33. The van der Waals surface area contributed by atoms with Crippen LogP contribution in [0.4, 0.5) is 10.1 Å². The van der Waals surface area contributed by atoms with Crippen molar-refractivity contribution in [2.24, 2.45) is 0 Å². The topological polar surface area (TPSA) is 98.4 Å². The molecule has 0 saturated carbocycles. The van der Waals surface area contributed by atoms with E-state index in [1.807, 2.05) is 44.4 Å². The normalized spacial score (nSPS) is 11.6. The maximum atomic E-state index is 14.6. The number of benzene rings is 2. The van der Waals surface area contributed by atoms with Crippen LogP contribution in [-0.4, -0.2) is 62.2 Å². The Hall–Kier alpha value is -4.63. The average molecular weight is 493 g/mol. The van der Waals surface area contributed by atoms with E-state index in [2.05, 4.69) is 46.4 Å². The lowest BCUT2D eigenvalue weighted by atomic mass is 10.0. The van der Waals surface area contributed by atoms with E-state index < -0.39 is 0 Å². The van der Waals surface area contributed by atoms with Crippen LogP contribution >= 0.6 is 0 Å². The monoisotopic (exact) mass is 492 g/mol. The number of pyridine rings is 1. The van der Waals surface area contributed by atoms with Crippen molar-refractivity contribution in [1.29, 1.82) is 0 Å². The summed E-state index contributed by atoms with van der Waals surface area (Å²) in [6.07, 6.45) is 6.78. The van der Waals surface area contributed by atoms with Crippen molar-refractivity contribution in [1.82, 2.24) is 35.0 Å². The molecule has 0 aliphatic rings. The van der Waals surface area contributed by atoms with Crippen LogP contribution in [-0.2, 0) is 0 Å². The van der Waals surface area contributed by atoms with Gasteiger partial charge in [0.05, 0.1) is 11.4 Å². The first kappa shape index (κ1) is 22.8. The number of likely N-dealkylation sites (N-methyl/N-ethyl adjacent to an activating group) is 1. The van der Waals surface area contributed by atoms with Gasteiger partial charge in [-0.1, -0.05) is 12.1 Å². The summed E-state index contributed by atoms with van der Waals surface area (Å²) in [6, 6.07) is 15.2. The predicted molar refractivity (Wildman–Crippen MR) is 145 cm³/mol. The zero-order valence-electron chi connectivity index (χ0n) is 20.5. The van der Waals surface area contributed by atoms with Gasteiger partial charge in [-0.25, -0.2) is 19.3 Å². The molecule has 37 heavy (non-hydrogen) atoms. The van der Waals surface area contributed by atoms with Crippen molar-refractivity contribution in [2.45, 2.75) is 0 Å². The summed E-state index contributed by atoms with van der Waals surface area (Å²) in [4.78, 5) is 18.3. The second-order valence-corrected chi connectivity index (χ2v) is 9.23. The minimum absolute atomic E-state index is 0.277. The number of anilines is 1. The molecule has 0 spiro atoms. The summed E-state index contributed by atoms with van der Waals surface area (Å²) in [5.41, 5.74) is 7.56. The number of nitrogens with one attached hydrogen (secondary N) is 3. The van der Waals surface area contributed by atoms with E-state index >= 15 is 0 Å². The van der Waals surface area contributed by atoms with E-state index in [4.69, 9.17) is 0 Å². The molecule has 6 aromatic rings. The van der Waals surface area contributed by atoms with Gasteiger partial charge in [0.25, 0.3) is 0 Å². The van der Waals surface area contributed by atoms with E-state index in [0.29, 0.717) is 5.65 Å². The summed E-state index contributed by atoms with van der Waals surface area (Å²) in [5, 5.41) is 12.7. The summed E-state index contributed by atoms with van der Waals surface area (Å²) < 4.78 is 14.6. The summed E-state index contributed by atoms with van der Waals surface area (Å²) in [7, 11) is 4.03. The molecule has 3 N–H and O–H groups in total. The molecule has 0 bridgehead atoms. The Kier molecular flexibility index (Phi) is 5.82. The molecule has 184 valence electrons. The standard InChI is InChI=1S/C28H25FN8/c1-37(2)7-6-32-21-9-17(8-20(29)11-21)22-4-3-5-25-23(22)12-26(34-25)27-24-10-18(15-33-28(24)36-35-27)19-13-30-16-31-14-19/h3-5,8-16,32,34H,6-7H2,1-2H3,(H,33,35,36). The Balaban J connectivity index is 1.41. The first-order valence-electron chi connectivity index (χ1n) is 12.0. The fraction of sp³-hybridized carbons (Fsp3) is 0.143. The second kappa shape index (κ2) is 9.44. The maximum Gasteiger partial charge on any atom is 0.181 e. The zero-order valence-corrected chi connectivity index (χ0v) is 20.5. The van der Waals surface area contributed by atoms with Gasteiger partial charge in [0.1, 0.15) is 12.1 Å². The van der Waals surface area contributed by atoms with Crippen LogP contribution in [0, 0.1) is 5.82 Å². The number of fused-ring (bicyclic) bond motifs is 2. The van der Waals surface area contributed by atoms with E-state index in [9.17, 15) is 4.39 Å². The number of halogens is 1. The number of hydrogen-bond acceptors (Lipinski definition) is 6. The number of H-pyrrole nitrogens is 2. The van der Waals surface area contributed by atoms with E-state index in [0.717, 1.165) is 68.7 Å². The Morgan fingerprint density at radius 3 is 2.62 bits per heavy atom. The number of rotatable bonds is 7. The Morgan fingerprint density at radius 1 is 0.919 bits per heavy atom. The van der Waals surface area contributed by atoms with Crippen LogP contribution < -0.4 is 5.32 Å². The second-order valence-electron chi connectivity index (χ2n) is 9.23. The lowest BCUT2D eigenvalue weighted by Crippen LogP contribution is -2.20. The molecule has 9 heteroatoms. The van der Waals surface area contributed by atoms with E-state index in [1.54, 1.807) is 24.7 Å². The Labute approximate surface area is 212 Å². The molecule has 0 radical (unpaired) electrons. The van der Waals surface area contributed by atoms with Crippen molar-refractivity contribution < 1.29 is 4.39 Å². The molecule has 6 rings (SSSR count). The van der Waals surface area contributed by atoms with Crippen molar-refractivity contribution in [3.63, 3.8) is 0 Å². The lowest BCUT2D eigenvalue weighted by Gasteiger charge is -2.13. The number of aromatic nitrogens is 6. The van der Waals surface area contributed by atoms with E-state index in [-0.39, 0.29) is 5.82 Å². The van der Waals surface area contributed by atoms with Gasteiger partial charge in [0, 0.05) is 64.8 Å². The fourth-order valence-corrected chi connectivity index (χ4v) is 4.52. The van der Waals surface area contributed by atoms with Gasteiger partial charge in [-0.2, -0.15) is 5.10 Å². The van der Waals surface area contributed by atoms with Gasteiger partial charge in [-0.05, 0) is 61.6 Å². The molecule has 4 aromatic heterocycles. The molecule has 4 heterocycles. The van der Waals surface area contributed by atoms with Crippen molar-refractivity contribution >= 4 is 27.6 Å². The van der Waals surface area contributed by atoms with Crippen molar-refractivity contribution in [2.75, 3.05) is 32.5 Å². The quantitative estimate of drug-likeness (QED) is 0.278. The molecule has 0 saturated heterocycles. The Morgan fingerprint density at radius 2 is 1.78 bits per heavy atom. The predicted octanol–water partition coefficient (Wildman–Crippen LogP) is 5.34. The first-order valence-corrected chi connectivity index (χ1v) is 12.0. The molecule has 0 fully saturated rings. The molecule has 0 atom stereocenters. The van der Waals surface area contributed by atoms with E-state index in [1.165, 1.54) is 12.4 Å². The molecule has 0 aliphatic carbocycles. The van der Waals surface area contributed by atoms with Crippen LogP contribution in [0.1, 0.15) is 0 Å².